The first kappa shape index (κ1) is 20.5. The molecule has 0 fully saturated rings. The zero-order chi connectivity index (χ0) is 20.8. The number of anilines is 2. The zero-order valence-electron chi connectivity index (χ0n) is 15.5. The zero-order valence-corrected chi connectivity index (χ0v) is 17.1. The van der Waals surface area contributed by atoms with E-state index in [-0.39, 0.29) is 29.5 Å². The molecule has 0 saturated carbocycles. The predicted octanol–water partition coefficient (Wildman–Crippen LogP) is 5.17. The Kier molecular flexibility index (Phi) is 6.61. The predicted molar refractivity (Wildman–Crippen MR) is 114 cm³/mol. The quantitative estimate of drug-likeness (QED) is 0.537. The number of aryl methyl sites for hydroxylation is 1. The van der Waals surface area contributed by atoms with Crippen molar-refractivity contribution in [3.8, 4) is 5.75 Å². The van der Waals surface area contributed by atoms with Crippen molar-refractivity contribution in [2.24, 2.45) is 0 Å². The first-order chi connectivity index (χ1) is 13.9. The highest BCUT2D eigenvalue weighted by Gasteiger charge is 2.15. The minimum atomic E-state index is -0.531. The van der Waals surface area contributed by atoms with E-state index in [1.54, 1.807) is 67.6 Å². The standard InChI is InChI=1S/C22H18BrFN2O3/c1-14-6-11-18(24)19(12-14)26-22(28)17-4-2-3-5-20(17)29-13-21(27)25-16-9-7-15(23)8-10-16/h2-12H,13H2,1H3,(H,25,27)(H,26,28). The molecule has 0 aliphatic heterocycles. The van der Waals surface area contributed by atoms with Crippen LogP contribution in [-0.2, 0) is 4.79 Å². The van der Waals surface area contributed by atoms with E-state index in [1.807, 2.05) is 0 Å². The summed E-state index contributed by atoms with van der Waals surface area (Å²) in [6.07, 6.45) is 0. The molecular formula is C22H18BrFN2O3. The van der Waals surface area contributed by atoms with Crippen molar-refractivity contribution >= 4 is 39.1 Å². The first-order valence-electron chi connectivity index (χ1n) is 8.77. The molecular weight excluding hydrogens is 439 g/mol. The van der Waals surface area contributed by atoms with Crippen molar-refractivity contribution in [2.45, 2.75) is 6.92 Å². The molecule has 148 valence electrons. The molecule has 5 nitrogen and oxygen atoms in total. The van der Waals surface area contributed by atoms with Crippen LogP contribution in [0.3, 0.4) is 0 Å². The van der Waals surface area contributed by atoms with E-state index in [2.05, 4.69) is 26.6 Å². The topological polar surface area (TPSA) is 67.4 Å². The number of carbonyl (C=O) groups excluding carboxylic acids is 2. The number of amides is 2. The van der Waals surface area contributed by atoms with Gasteiger partial charge in [0.25, 0.3) is 11.8 Å². The van der Waals surface area contributed by atoms with Gasteiger partial charge in [0, 0.05) is 10.2 Å². The number of hydrogen-bond acceptors (Lipinski definition) is 3. The fraction of sp³-hybridized carbons (Fsp3) is 0.0909. The Morgan fingerprint density at radius 1 is 1.00 bits per heavy atom. The summed E-state index contributed by atoms with van der Waals surface area (Å²) in [7, 11) is 0. The Balaban J connectivity index is 1.66. The molecule has 0 unspecified atom stereocenters. The largest absolute Gasteiger partial charge is 0.483 e. The number of rotatable bonds is 6. The molecule has 0 radical (unpaired) electrons. The lowest BCUT2D eigenvalue weighted by Gasteiger charge is -2.12. The number of nitrogens with one attached hydrogen (secondary N) is 2. The van der Waals surface area contributed by atoms with Crippen LogP contribution in [-0.4, -0.2) is 18.4 Å². The summed E-state index contributed by atoms with van der Waals surface area (Å²) in [5.41, 5.74) is 1.72. The van der Waals surface area contributed by atoms with Gasteiger partial charge in [0.1, 0.15) is 11.6 Å². The van der Waals surface area contributed by atoms with Gasteiger partial charge in [0.2, 0.25) is 0 Å². The Hall–Kier alpha value is -3.19. The maximum Gasteiger partial charge on any atom is 0.262 e. The summed E-state index contributed by atoms with van der Waals surface area (Å²) < 4.78 is 20.4. The SMILES string of the molecule is Cc1ccc(F)c(NC(=O)c2ccccc2OCC(=O)Nc2ccc(Br)cc2)c1. The lowest BCUT2D eigenvalue weighted by Crippen LogP contribution is -2.21. The number of ether oxygens (including phenoxy) is 1. The van der Waals surface area contributed by atoms with Gasteiger partial charge < -0.3 is 15.4 Å². The van der Waals surface area contributed by atoms with Gasteiger partial charge in [-0.05, 0) is 61.0 Å². The number of para-hydroxylation sites is 1. The van der Waals surface area contributed by atoms with E-state index in [0.29, 0.717) is 5.69 Å². The Bertz CT molecular complexity index is 1040. The molecule has 3 aromatic rings. The van der Waals surface area contributed by atoms with Crippen molar-refractivity contribution in [3.63, 3.8) is 0 Å². The summed E-state index contributed by atoms with van der Waals surface area (Å²) in [4.78, 5) is 24.7. The number of halogens is 2. The third-order valence-electron chi connectivity index (χ3n) is 3.99. The van der Waals surface area contributed by atoms with Crippen LogP contribution in [0.25, 0.3) is 0 Å². The summed E-state index contributed by atoms with van der Waals surface area (Å²) in [5, 5.41) is 5.25. The van der Waals surface area contributed by atoms with E-state index < -0.39 is 11.7 Å². The Labute approximate surface area is 176 Å². The van der Waals surface area contributed by atoms with Crippen molar-refractivity contribution < 1.29 is 18.7 Å². The van der Waals surface area contributed by atoms with E-state index in [1.165, 1.54) is 6.07 Å². The monoisotopic (exact) mass is 456 g/mol. The van der Waals surface area contributed by atoms with E-state index in [9.17, 15) is 14.0 Å². The Morgan fingerprint density at radius 3 is 2.48 bits per heavy atom. The van der Waals surface area contributed by atoms with Crippen molar-refractivity contribution in [1.82, 2.24) is 0 Å². The lowest BCUT2D eigenvalue weighted by molar-refractivity contribution is -0.118. The molecule has 3 aromatic carbocycles. The van der Waals surface area contributed by atoms with Crippen molar-refractivity contribution in [1.29, 1.82) is 0 Å². The first-order valence-corrected chi connectivity index (χ1v) is 9.56. The van der Waals surface area contributed by atoms with Gasteiger partial charge in [-0.3, -0.25) is 9.59 Å². The highest BCUT2D eigenvalue weighted by molar-refractivity contribution is 9.10. The van der Waals surface area contributed by atoms with Crippen molar-refractivity contribution in [3.05, 3.63) is 88.1 Å². The second-order valence-corrected chi connectivity index (χ2v) is 7.19. The van der Waals surface area contributed by atoms with Gasteiger partial charge in [-0.2, -0.15) is 0 Å². The molecule has 0 bridgehead atoms. The summed E-state index contributed by atoms with van der Waals surface area (Å²) >= 11 is 3.33. The summed E-state index contributed by atoms with van der Waals surface area (Å²) in [6.45, 7) is 1.52. The molecule has 29 heavy (non-hydrogen) atoms. The minimum Gasteiger partial charge on any atom is -0.483 e. The second-order valence-electron chi connectivity index (χ2n) is 6.28. The van der Waals surface area contributed by atoms with Crippen molar-refractivity contribution in [2.75, 3.05) is 17.2 Å². The summed E-state index contributed by atoms with van der Waals surface area (Å²) in [6, 6.07) is 18.0. The van der Waals surface area contributed by atoms with Gasteiger partial charge in [0.05, 0.1) is 11.3 Å². The van der Waals surface area contributed by atoms with Crippen LogP contribution in [0.1, 0.15) is 15.9 Å². The molecule has 0 aliphatic carbocycles. The fourth-order valence-corrected chi connectivity index (χ4v) is 2.84. The molecule has 0 heterocycles. The smallest absolute Gasteiger partial charge is 0.262 e. The van der Waals surface area contributed by atoms with Crippen LogP contribution in [0, 0.1) is 12.7 Å². The van der Waals surface area contributed by atoms with Gasteiger partial charge in [-0.15, -0.1) is 0 Å². The van der Waals surface area contributed by atoms with Crippen LogP contribution < -0.4 is 15.4 Å². The normalized spacial score (nSPS) is 10.3. The third kappa shape index (κ3) is 5.65. The third-order valence-corrected chi connectivity index (χ3v) is 4.52. The number of carbonyl (C=O) groups is 2. The molecule has 7 heteroatoms. The average Bonchev–Trinajstić information content (AvgIpc) is 2.71. The molecule has 0 spiro atoms. The summed E-state index contributed by atoms with van der Waals surface area (Å²) in [5.74, 6) is -1.20. The van der Waals surface area contributed by atoms with Crippen LogP contribution in [0.2, 0.25) is 0 Å². The number of benzene rings is 3. The fourth-order valence-electron chi connectivity index (χ4n) is 2.58. The lowest BCUT2D eigenvalue weighted by atomic mass is 10.1. The second kappa shape index (κ2) is 9.34. The molecule has 0 saturated heterocycles. The maximum absolute atomic E-state index is 13.9. The highest BCUT2D eigenvalue weighted by atomic mass is 79.9. The van der Waals surface area contributed by atoms with Gasteiger partial charge in [-0.25, -0.2) is 4.39 Å². The molecule has 2 amide bonds. The molecule has 0 atom stereocenters. The van der Waals surface area contributed by atoms with Gasteiger partial charge in [0.15, 0.2) is 6.61 Å². The minimum absolute atomic E-state index is 0.0813. The van der Waals surface area contributed by atoms with E-state index >= 15 is 0 Å². The molecule has 2 N–H and O–H groups in total. The Morgan fingerprint density at radius 2 is 1.72 bits per heavy atom. The highest BCUT2D eigenvalue weighted by Crippen LogP contribution is 2.22. The molecule has 0 aromatic heterocycles. The number of hydrogen-bond donors (Lipinski definition) is 2. The maximum atomic E-state index is 13.9. The van der Waals surface area contributed by atoms with Gasteiger partial charge in [-0.1, -0.05) is 34.1 Å². The molecule has 3 rings (SSSR count). The molecule has 0 aliphatic rings. The van der Waals surface area contributed by atoms with E-state index in [4.69, 9.17) is 4.74 Å². The van der Waals surface area contributed by atoms with Crippen LogP contribution in [0.5, 0.6) is 5.75 Å². The van der Waals surface area contributed by atoms with Gasteiger partial charge >= 0.3 is 0 Å². The van der Waals surface area contributed by atoms with E-state index in [0.717, 1.165) is 10.0 Å². The van der Waals surface area contributed by atoms with Crippen LogP contribution in [0.4, 0.5) is 15.8 Å². The van der Waals surface area contributed by atoms with Crippen LogP contribution in [0.15, 0.2) is 71.2 Å². The average molecular weight is 457 g/mol. The van der Waals surface area contributed by atoms with Crippen LogP contribution >= 0.6 is 15.9 Å².